The number of esters is 1. The summed E-state index contributed by atoms with van der Waals surface area (Å²) in [7, 11) is 1.36. The van der Waals surface area contributed by atoms with Crippen LogP contribution in [0.2, 0.25) is 0 Å². The van der Waals surface area contributed by atoms with Gasteiger partial charge in [0.15, 0.2) is 0 Å². The number of ether oxygens (including phenoxy) is 1. The summed E-state index contributed by atoms with van der Waals surface area (Å²) >= 11 is 0. The quantitative estimate of drug-likeness (QED) is 0.754. The summed E-state index contributed by atoms with van der Waals surface area (Å²) in [5, 5.41) is 3.32. The number of pyridine rings is 1. The van der Waals surface area contributed by atoms with E-state index in [9.17, 15) is 4.79 Å². The third kappa shape index (κ3) is 3.20. The first-order valence-electron chi connectivity index (χ1n) is 6.13. The molecule has 0 spiro atoms. The first-order valence-corrected chi connectivity index (χ1v) is 6.13. The number of hydrogen-bond acceptors (Lipinski definition) is 5. The molecular weight excluding hydrogens is 230 g/mol. The molecule has 0 amide bonds. The van der Waals surface area contributed by atoms with Crippen LogP contribution in [0.4, 0.5) is 5.82 Å². The van der Waals surface area contributed by atoms with Crippen molar-refractivity contribution in [2.24, 2.45) is 5.73 Å². The maximum Gasteiger partial charge on any atom is 0.338 e. The van der Waals surface area contributed by atoms with Crippen LogP contribution in [0.15, 0.2) is 18.3 Å². The number of anilines is 1. The van der Waals surface area contributed by atoms with Crippen molar-refractivity contribution >= 4 is 11.8 Å². The highest BCUT2D eigenvalue weighted by Crippen LogP contribution is 2.20. The maximum absolute atomic E-state index is 11.4. The Labute approximate surface area is 108 Å². The van der Waals surface area contributed by atoms with Gasteiger partial charge >= 0.3 is 5.97 Å². The number of methoxy groups -OCH3 is 1. The molecule has 0 aromatic carbocycles. The molecule has 1 aromatic heterocycles. The molecule has 0 unspecified atom stereocenters. The molecule has 5 nitrogen and oxygen atoms in total. The normalized spacial score (nSPS) is 11.1. The van der Waals surface area contributed by atoms with E-state index in [-0.39, 0.29) is 11.5 Å². The Balaban J connectivity index is 2.93. The van der Waals surface area contributed by atoms with Crippen LogP contribution >= 0.6 is 0 Å². The number of carbonyl (C=O) groups is 1. The van der Waals surface area contributed by atoms with Crippen molar-refractivity contribution < 1.29 is 9.53 Å². The molecule has 100 valence electrons. The third-order valence-corrected chi connectivity index (χ3v) is 3.32. The van der Waals surface area contributed by atoms with Gasteiger partial charge in [0.25, 0.3) is 0 Å². The van der Waals surface area contributed by atoms with Crippen molar-refractivity contribution in [1.82, 2.24) is 4.98 Å². The monoisotopic (exact) mass is 251 g/mol. The molecule has 1 heterocycles. The van der Waals surface area contributed by atoms with Gasteiger partial charge in [0.05, 0.1) is 18.2 Å². The lowest BCUT2D eigenvalue weighted by Crippen LogP contribution is -2.44. The second-order valence-corrected chi connectivity index (χ2v) is 4.24. The van der Waals surface area contributed by atoms with Crippen LogP contribution in [0, 0.1) is 0 Å². The van der Waals surface area contributed by atoms with E-state index >= 15 is 0 Å². The van der Waals surface area contributed by atoms with Gasteiger partial charge < -0.3 is 15.8 Å². The summed E-state index contributed by atoms with van der Waals surface area (Å²) in [5.41, 5.74) is 6.12. The number of nitrogens with one attached hydrogen (secondary N) is 1. The molecule has 0 aliphatic heterocycles. The molecule has 0 atom stereocenters. The molecule has 0 aliphatic carbocycles. The Morgan fingerprint density at radius 1 is 1.50 bits per heavy atom. The van der Waals surface area contributed by atoms with Gasteiger partial charge in [-0.25, -0.2) is 9.78 Å². The fraction of sp³-hybridized carbons (Fsp3) is 0.538. The summed E-state index contributed by atoms with van der Waals surface area (Å²) in [6.07, 6.45) is 3.37. The van der Waals surface area contributed by atoms with Crippen LogP contribution in [0.1, 0.15) is 37.0 Å². The zero-order valence-electron chi connectivity index (χ0n) is 11.2. The molecule has 18 heavy (non-hydrogen) atoms. The lowest BCUT2D eigenvalue weighted by Gasteiger charge is -2.32. The third-order valence-electron chi connectivity index (χ3n) is 3.32. The molecule has 0 radical (unpaired) electrons. The van der Waals surface area contributed by atoms with E-state index in [1.165, 1.54) is 7.11 Å². The zero-order valence-corrected chi connectivity index (χ0v) is 11.2. The second-order valence-electron chi connectivity index (χ2n) is 4.24. The highest BCUT2D eigenvalue weighted by molar-refractivity contribution is 5.90. The van der Waals surface area contributed by atoms with Crippen LogP contribution in [0.5, 0.6) is 0 Å². The van der Waals surface area contributed by atoms with Crippen molar-refractivity contribution in [2.75, 3.05) is 19.0 Å². The molecule has 5 heteroatoms. The van der Waals surface area contributed by atoms with Crippen LogP contribution < -0.4 is 11.1 Å². The SMILES string of the molecule is CCC(CC)(CN)Nc1cc(C(=O)OC)ccn1. The summed E-state index contributed by atoms with van der Waals surface area (Å²) in [6, 6.07) is 3.31. The molecule has 0 saturated heterocycles. The van der Waals surface area contributed by atoms with E-state index < -0.39 is 0 Å². The van der Waals surface area contributed by atoms with Gasteiger partial charge in [-0.2, -0.15) is 0 Å². The summed E-state index contributed by atoms with van der Waals surface area (Å²) in [5.74, 6) is 0.277. The van der Waals surface area contributed by atoms with E-state index in [2.05, 4.69) is 28.9 Å². The summed E-state index contributed by atoms with van der Waals surface area (Å²) in [6.45, 7) is 4.67. The first kappa shape index (κ1) is 14.4. The Morgan fingerprint density at radius 3 is 2.67 bits per heavy atom. The van der Waals surface area contributed by atoms with E-state index in [0.717, 1.165) is 12.8 Å². The van der Waals surface area contributed by atoms with Gasteiger partial charge in [0, 0.05) is 12.7 Å². The number of hydrogen-bond donors (Lipinski definition) is 2. The van der Waals surface area contributed by atoms with Crippen LogP contribution in [-0.4, -0.2) is 30.1 Å². The fourth-order valence-corrected chi connectivity index (χ4v) is 1.78. The maximum atomic E-state index is 11.4. The minimum absolute atomic E-state index is 0.179. The van der Waals surface area contributed by atoms with E-state index in [4.69, 9.17) is 5.73 Å². The van der Waals surface area contributed by atoms with Gasteiger partial charge in [-0.3, -0.25) is 0 Å². The minimum atomic E-state index is -0.369. The predicted octanol–water partition coefficient (Wildman–Crippen LogP) is 1.80. The van der Waals surface area contributed by atoms with Crippen molar-refractivity contribution in [3.63, 3.8) is 0 Å². The predicted molar refractivity (Wildman–Crippen MR) is 71.6 cm³/mol. The lowest BCUT2D eigenvalue weighted by atomic mass is 9.93. The number of nitrogens with zero attached hydrogens (tertiary/aromatic N) is 1. The van der Waals surface area contributed by atoms with Crippen molar-refractivity contribution in [1.29, 1.82) is 0 Å². The first-order chi connectivity index (χ1) is 8.60. The Hall–Kier alpha value is -1.62. The fourth-order valence-electron chi connectivity index (χ4n) is 1.78. The largest absolute Gasteiger partial charge is 0.465 e. The standard InChI is InChI=1S/C13H21N3O2/c1-4-13(5-2,9-14)16-11-8-10(6-7-15-11)12(17)18-3/h6-8H,4-5,9,14H2,1-3H3,(H,15,16). The molecule has 0 fully saturated rings. The Bertz CT molecular complexity index is 395. The molecule has 1 aromatic rings. The van der Waals surface area contributed by atoms with Crippen molar-refractivity contribution in [2.45, 2.75) is 32.2 Å². The van der Waals surface area contributed by atoms with Gasteiger partial charge in [0.1, 0.15) is 5.82 Å². The number of aromatic nitrogens is 1. The summed E-state index contributed by atoms with van der Waals surface area (Å²) < 4.78 is 4.68. The van der Waals surface area contributed by atoms with Gasteiger partial charge in [0.2, 0.25) is 0 Å². The van der Waals surface area contributed by atoms with E-state index in [1.807, 2.05) is 0 Å². The molecule has 3 N–H and O–H groups in total. The molecule has 0 aliphatic rings. The highest BCUT2D eigenvalue weighted by atomic mass is 16.5. The molecule has 1 rings (SSSR count). The molecule has 0 bridgehead atoms. The Kier molecular flexibility index (Phi) is 5.09. The van der Waals surface area contributed by atoms with Gasteiger partial charge in [-0.15, -0.1) is 0 Å². The molecular formula is C13H21N3O2. The lowest BCUT2D eigenvalue weighted by molar-refractivity contribution is 0.0600. The average Bonchev–Trinajstić information content (AvgIpc) is 2.44. The number of rotatable bonds is 6. The van der Waals surface area contributed by atoms with Crippen molar-refractivity contribution in [3.8, 4) is 0 Å². The minimum Gasteiger partial charge on any atom is -0.465 e. The number of nitrogens with two attached hydrogens (primary N) is 1. The highest BCUT2D eigenvalue weighted by Gasteiger charge is 2.24. The van der Waals surface area contributed by atoms with Crippen molar-refractivity contribution in [3.05, 3.63) is 23.9 Å². The topological polar surface area (TPSA) is 77.2 Å². The van der Waals surface area contributed by atoms with E-state index in [0.29, 0.717) is 17.9 Å². The smallest absolute Gasteiger partial charge is 0.338 e. The van der Waals surface area contributed by atoms with Gasteiger partial charge in [-0.05, 0) is 25.0 Å². The number of carbonyl (C=O) groups excluding carboxylic acids is 1. The molecule has 0 saturated carbocycles. The average molecular weight is 251 g/mol. The Morgan fingerprint density at radius 2 is 2.17 bits per heavy atom. The van der Waals surface area contributed by atoms with Crippen LogP contribution in [0.3, 0.4) is 0 Å². The summed E-state index contributed by atoms with van der Waals surface area (Å²) in [4.78, 5) is 15.6. The van der Waals surface area contributed by atoms with E-state index in [1.54, 1.807) is 18.3 Å². The van der Waals surface area contributed by atoms with Crippen LogP contribution in [0.25, 0.3) is 0 Å². The van der Waals surface area contributed by atoms with Gasteiger partial charge in [-0.1, -0.05) is 13.8 Å². The van der Waals surface area contributed by atoms with Crippen LogP contribution in [-0.2, 0) is 4.74 Å². The second kappa shape index (κ2) is 6.35. The zero-order chi connectivity index (χ0) is 13.6.